The van der Waals surface area contributed by atoms with E-state index in [2.05, 4.69) is 83.5 Å². The fourth-order valence-electron chi connectivity index (χ4n) is 4.89. The first-order valence-electron chi connectivity index (χ1n) is 16.7. The molecule has 0 unspecified atom stereocenters. The maximum atomic E-state index is 14.1. The molecular weight excluding hydrogens is 734 g/mol. The molecular formula is C28H62N5O8PSi6. The highest BCUT2D eigenvalue weighted by Crippen LogP contribution is 2.54. The van der Waals surface area contributed by atoms with Crippen molar-refractivity contribution in [3.05, 3.63) is 6.33 Å². The maximum absolute atomic E-state index is 14.1. The molecule has 0 aliphatic carbocycles. The van der Waals surface area contributed by atoms with Crippen molar-refractivity contribution in [2.75, 3.05) is 11.6 Å². The number of fused-ring (bicyclic) bond motifs is 1. The third-order valence-corrected chi connectivity index (χ3v) is 16.4. The van der Waals surface area contributed by atoms with Gasteiger partial charge < -0.3 is 31.4 Å². The highest BCUT2D eigenvalue weighted by atomic mass is 31.2. The number of nitrogens with one attached hydrogen (secondary N) is 1. The van der Waals surface area contributed by atoms with Gasteiger partial charge in [-0.1, -0.05) is 19.6 Å². The number of phosphoric acid groups is 1. The number of hydrogen-bond donors (Lipinski definition) is 1. The van der Waals surface area contributed by atoms with Gasteiger partial charge in [0, 0.05) is 0 Å². The van der Waals surface area contributed by atoms with Crippen LogP contribution in [0.5, 0.6) is 5.88 Å². The zero-order valence-corrected chi connectivity index (χ0v) is 39.5. The molecule has 20 heteroatoms. The van der Waals surface area contributed by atoms with Crippen LogP contribution < -0.4 is 9.41 Å². The summed E-state index contributed by atoms with van der Waals surface area (Å²) in [4.78, 5) is 18.0. The molecule has 1 fully saturated rings. The molecule has 48 heavy (non-hydrogen) atoms. The quantitative estimate of drug-likeness (QED) is 0.129. The number of anilines is 1. The van der Waals surface area contributed by atoms with Gasteiger partial charge in [-0.2, -0.15) is 9.97 Å². The summed E-state index contributed by atoms with van der Waals surface area (Å²) < 4.78 is 61.4. The number of nitrogens with zero attached hydrogens (tertiary/aromatic N) is 4. The molecule has 2 aromatic heterocycles. The zero-order valence-electron chi connectivity index (χ0n) is 32.6. The summed E-state index contributed by atoms with van der Waals surface area (Å²) in [7, 11) is -16.8. The predicted molar refractivity (Wildman–Crippen MR) is 209 cm³/mol. The minimum absolute atomic E-state index is 0.0720. The molecule has 1 aliphatic heterocycles. The standard InChI is InChI=1S/C28H62N5O8PSi6/c1-43(2,3)32-28-30-25-22(26(31-28)39-46(10,11)12)29-20-33(25)27-24(38-45(7,8)9)23(37-44(4,5)6)21(36-27)19-35-42(34,40-47(13,14)15)41-48(16,17)18/h20-21,23-24,27H,19H2,1-18H3,(H,30,31,32)/t21-,23-,24-,27-/m1/s1. The fraction of sp³-hybridized carbons (Fsp3) is 0.821. The van der Waals surface area contributed by atoms with Crippen molar-refractivity contribution in [2.24, 2.45) is 0 Å². The number of hydrogen-bond acceptors (Lipinski definition) is 12. The average molecular weight is 796 g/mol. The van der Waals surface area contributed by atoms with Crippen molar-refractivity contribution >= 4 is 74.8 Å². The second-order valence-corrected chi connectivity index (χ2v) is 47.5. The van der Waals surface area contributed by atoms with E-state index in [9.17, 15) is 4.57 Å². The smallest absolute Gasteiger partial charge is 0.455 e. The molecule has 0 spiro atoms. The largest absolute Gasteiger partial charge is 0.530 e. The van der Waals surface area contributed by atoms with Gasteiger partial charge in [-0.15, -0.1) is 0 Å². The van der Waals surface area contributed by atoms with Gasteiger partial charge in [0.15, 0.2) is 50.7 Å². The Balaban J connectivity index is 2.17. The summed E-state index contributed by atoms with van der Waals surface area (Å²) in [6, 6.07) is 0. The third-order valence-electron chi connectivity index (χ3n) is 5.99. The molecule has 2 aromatic rings. The zero-order chi connectivity index (χ0) is 36.9. The van der Waals surface area contributed by atoms with Crippen molar-refractivity contribution in [1.29, 1.82) is 0 Å². The second-order valence-electron chi connectivity index (χ2n) is 18.4. The molecule has 1 aliphatic rings. The molecule has 0 amide bonds. The maximum Gasteiger partial charge on any atom is 0.455 e. The van der Waals surface area contributed by atoms with E-state index in [4.69, 9.17) is 45.9 Å². The molecule has 3 heterocycles. The van der Waals surface area contributed by atoms with E-state index in [0.717, 1.165) is 0 Å². The lowest BCUT2D eigenvalue weighted by Gasteiger charge is -2.35. The van der Waals surface area contributed by atoms with Gasteiger partial charge in [0.05, 0.1) is 12.9 Å². The third kappa shape index (κ3) is 13.2. The highest BCUT2D eigenvalue weighted by Gasteiger charge is 2.52. The number of ether oxygens (including phenoxy) is 1. The van der Waals surface area contributed by atoms with Crippen LogP contribution in [0.3, 0.4) is 0 Å². The molecule has 1 saturated heterocycles. The van der Waals surface area contributed by atoms with E-state index in [1.165, 1.54) is 0 Å². The summed E-state index contributed by atoms with van der Waals surface area (Å²) in [5.41, 5.74) is 1.11. The summed E-state index contributed by atoms with van der Waals surface area (Å²) in [6.45, 7) is 37.4. The van der Waals surface area contributed by atoms with Gasteiger partial charge in [-0.25, -0.2) is 9.55 Å². The second kappa shape index (κ2) is 14.5. The van der Waals surface area contributed by atoms with E-state index in [0.29, 0.717) is 23.0 Å². The molecule has 13 nitrogen and oxygen atoms in total. The summed E-state index contributed by atoms with van der Waals surface area (Å²) >= 11 is 0. The minimum Gasteiger partial charge on any atom is -0.530 e. The van der Waals surface area contributed by atoms with Crippen molar-refractivity contribution in [2.45, 2.75) is 142 Å². The van der Waals surface area contributed by atoms with Crippen LogP contribution in [-0.2, 0) is 31.1 Å². The number of imidazole rings is 1. The monoisotopic (exact) mass is 795 g/mol. The normalized spacial score (nSPS) is 22.0. The highest BCUT2D eigenvalue weighted by molar-refractivity contribution is 7.52. The van der Waals surface area contributed by atoms with Gasteiger partial charge in [0.25, 0.3) is 0 Å². The predicted octanol–water partition coefficient (Wildman–Crippen LogP) is 8.45. The van der Waals surface area contributed by atoms with Gasteiger partial charge in [0.1, 0.15) is 26.5 Å². The summed E-state index contributed by atoms with van der Waals surface area (Å²) in [5.74, 6) is 0.932. The van der Waals surface area contributed by atoms with E-state index in [1.54, 1.807) is 6.33 Å². The SMILES string of the molecule is C[Si](C)(C)Nc1nc(O[Si](C)(C)C)c2ncn([C@@H]3O[C@H](COP(=O)(O[Si](C)(C)C)O[Si](C)(C)C)[C@@H](O[Si](C)(C)C)[C@H]3O[Si](C)(C)C)c2n1. The van der Waals surface area contributed by atoms with Crippen LogP contribution in [0, 0.1) is 0 Å². The molecule has 3 rings (SSSR count). The lowest BCUT2D eigenvalue weighted by Crippen LogP contribution is -2.48. The lowest BCUT2D eigenvalue weighted by atomic mass is 10.1. The molecule has 0 saturated carbocycles. The Morgan fingerprint density at radius 2 is 1.27 bits per heavy atom. The van der Waals surface area contributed by atoms with Crippen LogP contribution in [0.25, 0.3) is 11.2 Å². The summed E-state index contributed by atoms with van der Waals surface area (Å²) in [5, 5.41) is 0. The Kier molecular flexibility index (Phi) is 12.6. The average Bonchev–Trinajstić information content (AvgIpc) is 3.32. The first-order chi connectivity index (χ1) is 21.3. The lowest BCUT2D eigenvalue weighted by molar-refractivity contribution is -0.0473. The van der Waals surface area contributed by atoms with Crippen molar-refractivity contribution in [3.8, 4) is 5.88 Å². The molecule has 0 aromatic carbocycles. The molecule has 276 valence electrons. The van der Waals surface area contributed by atoms with Crippen molar-refractivity contribution in [3.63, 3.8) is 0 Å². The Hall–Kier alpha value is -0.559. The fourth-order valence-corrected chi connectivity index (χ4v) is 15.2. The minimum atomic E-state index is -3.92. The van der Waals surface area contributed by atoms with Crippen LogP contribution in [0.4, 0.5) is 5.95 Å². The van der Waals surface area contributed by atoms with Crippen LogP contribution in [0.15, 0.2) is 6.33 Å². The van der Waals surface area contributed by atoms with E-state index in [1.807, 2.05) is 43.8 Å². The van der Waals surface area contributed by atoms with Gasteiger partial charge in [-0.05, 0) is 98.2 Å². The first kappa shape index (κ1) is 41.9. The van der Waals surface area contributed by atoms with E-state index >= 15 is 0 Å². The molecule has 0 bridgehead atoms. The van der Waals surface area contributed by atoms with E-state index < -0.39 is 82.2 Å². The van der Waals surface area contributed by atoms with Crippen LogP contribution in [0.1, 0.15) is 6.23 Å². The van der Waals surface area contributed by atoms with Gasteiger partial charge in [-0.3, -0.25) is 9.09 Å². The molecule has 1 N–H and O–H groups in total. The topological polar surface area (TPSA) is 137 Å². The molecule has 0 radical (unpaired) electrons. The van der Waals surface area contributed by atoms with Gasteiger partial charge in [0.2, 0.25) is 20.1 Å². The number of rotatable bonds is 16. The van der Waals surface area contributed by atoms with Gasteiger partial charge >= 0.3 is 7.82 Å². The van der Waals surface area contributed by atoms with Crippen LogP contribution in [-0.4, -0.2) is 94.3 Å². The molecule has 4 atom stereocenters. The number of aromatic nitrogens is 4. The van der Waals surface area contributed by atoms with Crippen molar-refractivity contribution in [1.82, 2.24) is 19.5 Å². The Labute approximate surface area is 294 Å². The van der Waals surface area contributed by atoms with Crippen LogP contribution >= 0.6 is 7.82 Å². The Morgan fingerprint density at radius 3 is 1.73 bits per heavy atom. The Bertz CT molecular complexity index is 1440. The first-order valence-corrected chi connectivity index (χ1v) is 38.7. The Morgan fingerprint density at radius 1 is 0.750 bits per heavy atom. The van der Waals surface area contributed by atoms with E-state index in [-0.39, 0.29) is 6.61 Å². The van der Waals surface area contributed by atoms with Crippen LogP contribution in [0.2, 0.25) is 118 Å². The summed E-state index contributed by atoms with van der Waals surface area (Å²) in [6.07, 6.45) is -0.682. The van der Waals surface area contributed by atoms with Crippen molar-refractivity contribution < 1.29 is 35.5 Å².